The largest absolute Gasteiger partial charge is 0.496 e. The third-order valence-corrected chi connectivity index (χ3v) is 4.63. The van der Waals surface area contributed by atoms with Gasteiger partial charge in [0.05, 0.1) is 19.6 Å². The Bertz CT molecular complexity index is 516. The van der Waals surface area contributed by atoms with Crippen molar-refractivity contribution in [1.29, 1.82) is 0 Å². The minimum absolute atomic E-state index is 0.675. The molecule has 0 unspecified atom stereocenters. The molecule has 1 saturated carbocycles. The number of benzene rings is 1. The van der Waals surface area contributed by atoms with Crippen LogP contribution in [0.25, 0.3) is 0 Å². The molecule has 116 valence electrons. The molecule has 0 aliphatic heterocycles. The standard InChI is InChI=1S/C17H24O4/c1-4-12-14(20-2)9-8-13(15(12)21-3)17(16(18)19)10-6-5-7-11-17/h8-9H,4-7,10-11H2,1-3H3,(H,18,19). The summed E-state index contributed by atoms with van der Waals surface area (Å²) in [6, 6.07) is 3.74. The Morgan fingerprint density at radius 1 is 1.19 bits per heavy atom. The molecule has 1 N–H and O–H groups in total. The van der Waals surface area contributed by atoms with Gasteiger partial charge in [0.15, 0.2) is 0 Å². The number of ether oxygens (including phenoxy) is 2. The van der Waals surface area contributed by atoms with E-state index >= 15 is 0 Å². The molecule has 0 bridgehead atoms. The van der Waals surface area contributed by atoms with E-state index in [2.05, 4.69) is 0 Å². The molecular weight excluding hydrogens is 268 g/mol. The first kappa shape index (κ1) is 15.7. The Morgan fingerprint density at radius 3 is 2.33 bits per heavy atom. The van der Waals surface area contributed by atoms with Gasteiger partial charge in [0.25, 0.3) is 0 Å². The zero-order valence-electron chi connectivity index (χ0n) is 13.1. The lowest BCUT2D eigenvalue weighted by atomic mass is 9.68. The van der Waals surface area contributed by atoms with Crippen molar-refractivity contribution < 1.29 is 19.4 Å². The van der Waals surface area contributed by atoms with Gasteiger partial charge in [-0.1, -0.05) is 32.3 Å². The predicted octanol–water partition coefficient (Wildman–Crippen LogP) is 3.55. The average Bonchev–Trinajstić information content (AvgIpc) is 2.53. The monoisotopic (exact) mass is 292 g/mol. The highest BCUT2D eigenvalue weighted by molar-refractivity contribution is 5.83. The molecule has 4 heteroatoms. The summed E-state index contributed by atoms with van der Waals surface area (Å²) in [5.41, 5.74) is 0.929. The van der Waals surface area contributed by atoms with Gasteiger partial charge in [-0.15, -0.1) is 0 Å². The van der Waals surface area contributed by atoms with Crippen LogP contribution in [0.1, 0.15) is 50.2 Å². The molecule has 21 heavy (non-hydrogen) atoms. The normalized spacial score (nSPS) is 17.3. The van der Waals surface area contributed by atoms with E-state index in [1.807, 2.05) is 19.1 Å². The van der Waals surface area contributed by atoms with Crippen molar-refractivity contribution in [2.75, 3.05) is 14.2 Å². The molecule has 0 amide bonds. The van der Waals surface area contributed by atoms with E-state index in [1.165, 1.54) is 0 Å². The fourth-order valence-corrected chi connectivity index (χ4v) is 3.50. The van der Waals surface area contributed by atoms with E-state index in [-0.39, 0.29) is 0 Å². The molecule has 4 nitrogen and oxygen atoms in total. The first-order chi connectivity index (χ1) is 10.1. The third kappa shape index (κ3) is 2.59. The van der Waals surface area contributed by atoms with Crippen LogP contribution in [0.2, 0.25) is 0 Å². The highest BCUT2D eigenvalue weighted by Crippen LogP contribution is 2.46. The van der Waals surface area contributed by atoms with Crippen LogP contribution in [-0.4, -0.2) is 25.3 Å². The van der Waals surface area contributed by atoms with Crippen molar-refractivity contribution in [2.45, 2.75) is 50.9 Å². The Labute approximate surface area is 126 Å². The summed E-state index contributed by atoms with van der Waals surface area (Å²) in [5.74, 6) is 0.698. The van der Waals surface area contributed by atoms with E-state index < -0.39 is 11.4 Å². The van der Waals surface area contributed by atoms with E-state index in [9.17, 15) is 9.90 Å². The number of carboxylic acid groups (broad SMARTS) is 1. The smallest absolute Gasteiger partial charge is 0.314 e. The maximum atomic E-state index is 12.0. The third-order valence-electron chi connectivity index (χ3n) is 4.63. The second-order valence-corrected chi connectivity index (χ2v) is 5.63. The minimum atomic E-state index is -0.820. The molecule has 0 radical (unpaired) electrons. The maximum absolute atomic E-state index is 12.0. The molecule has 1 fully saturated rings. The zero-order valence-corrected chi connectivity index (χ0v) is 13.1. The van der Waals surface area contributed by atoms with Gasteiger partial charge in [0.2, 0.25) is 0 Å². The van der Waals surface area contributed by atoms with Gasteiger partial charge in [-0.3, -0.25) is 4.79 Å². The van der Waals surface area contributed by atoms with Crippen LogP contribution in [0.5, 0.6) is 11.5 Å². The van der Waals surface area contributed by atoms with Crippen LogP contribution < -0.4 is 9.47 Å². The molecule has 0 saturated heterocycles. The quantitative estimate of drug-likeness (QED) is 0.901. The first-order valence-corrected chi connectivity index (χ1v) is 7.58. The Kier molecular flexibility index (Phi) is 4.76. The van der Waals surface area contributed by atoms with Crippen molar-refractivity contribution in [3.8, 4) is 11.5 Å². The number of aliphatic carboxylic acids is 1. The van der Waals surface area contributed by atoms with Crippen molar-refractivity contribution in [3.63, 3.8) is 0 Å². The number of carbonyl (C=O) groups is 1. The Morgan fingerprint density at radius 2 is 1.86 bits per heavy atom. The molecule has 1 aromatic rings. The zero-order chi connectivity index (χ0) is 15.5. The Hall–Kier alpha value is -1.71. The topological polar surface area (TPSA) is 55.8 Å². The fourth-order valence-electron chi connectivity index (χ4n) is 3.50. The minimum Gasteiger partial charge on any atom is -0.496 e. The molecule has 0 heterocycles. The fraction of sp³-hybridized carbons (Fsp3) is 0.588. The highest BCUT2D eigenvalue weighted by atomic mass is 16.5. The summed E-state index contributed by atoms with van der Waals surface area (Å²) in [6.45, 7) is 2.03. The van der Waals surface area contributed by atoms with Gasteiger partial charge in [0, 0.05) is 11.1 Å². The molecule has 0 spiro atoms. The van der Waals surface area contributed by atoms with Gasteiger partial charge in [0.1, 0.15) is 11.5 Å². The summed E-state index contributed by atoms with van der Waals surface area (Å²) in [4.78, 5) is 12.0. The van der Waals surface area contributed by atoms with Gasteiger partial charge < -0.3 is 14.6 Å². The van der Waals surface area contributed by atoms with Gasteiger partial charge >= 0.3 is 5.97 Å². The van der Waals surface area contributed by atoms with Crippen LogP contribution in [0.3, 0.4) is 0 Å². The van der Waals surface area contributed by atoms with Crippen LogP contribution >= 0.6 is 0 Å². The summed E-state index contributed by atoms with van der Waals surface area (Å²) >= 11 is 0. The predicted molar refractivity (Wildman–Crippen MR) is 81.3 cm³/mol. The number of carboxylic acids is 1. The average molecular weight is 292 g/mol. The van der Waals surface area contributed by atoms with Gasteiger partial charge in [-0.05, 0) is 25.3 Å². The first-order valence-electron chi connectivity index (χ1n) is 7.58. The van der Waals surface area contributed by atoms with Crippen LogP contribution in [0.15, 0.2) is 12.1 Å². The van der Waals surface area contributed by atoms with E-state index in [4.69, 9.17) is 9.47 Å². The van der Waals surface area contributed by atoms with E-state index in [0.717, 1.165) is 42.6 Å². The Balaban J connectivity index is 2.63. The molecule has 1 aromatic carbocycles. The van der Waals surface area contributed by atoms with Crippen LogP contribution in [0, 0.1) is 0 Å². The maximum Gasteiger partial charge on any atom is 0.314 e. The van der Waals surface area contributed by atoms with E-state index in [0.29, 0.717) is 18.6 Å². The SMILES string of the molecule is CCc1c(OC)ccc(C2(C(=O)O)CCCCC2)c1OC. The number of rotatable bonds is 5. The number of methoxy groups -OCH3 is 2. The van der Waals surface area contributed by atoms with E-state index in [1.54, 1.807) is 14.2 Å². The van der Waals surface area contributed by atoms with Gasteiger partial charge in [-0.25, -0.2) is 0 Å². The summed E-state index contributed by atoms with van der Waals surface area (Å²) in [5, 5.41) is 9.87. The van der Waals surface area contributed by atoms with Crippen LogP contribution in [0.4, 0.5) is 0 Å². The molecule has 2 rings (SSSR count). The molecule has 0 atom stereocenters. The summed E-state index contributed by atoms with van der Waals surface area (Å²) < 4.78 is 11.0. The second kappa shape index (κ2) is 6.37. The lowest BCUT2D eigenvalue weighted by Crippen LogP contribution is -2.38. The molecule has 0 aromatic heterocycles. The summed E-state index contributed by atoms with van der Waals surface area (Å²) in [7, 11) is 3.23. The lowest BCUT2D eigenvalue weighted by Gasteiger charge is -2.35. The van der Waals surface area contributed by atoms with Crippen molar-refractivity contribution in [2.24, 2.45) is 0 Å². The van der Waals surface area contributed by atoms with Crippen molar-refractivity contribution in [1.82, 2.24) is 0 Å². The molecular formula is C17H24O4. The molecule has 1 aliphatic rings. The number of hydrogen-bond donors (Lipinski definition) is 1. The number of hydrogen-bond acceptors (Lipinski definition) is 3. The highest BCUT2D eigenvalue weighted by Gasteiger charge is 2.43. The van der Waals surface area contributed by atoms with Crippen molar-refractivity contribution >= 4 is 5.97 Å². The van der Waals surface area contributed by atoms with Gasteiger partial charge in [-0.2, -0.15) is 0 Å². The second-order valence-electron chi connectivity index (χ2n) is 5.63. The van der Waals surface area contributed by atoms with Crippen LogP contribution in [-0.2, 0) is 16.6 Å². The molecule has 1 aliphatic carbocycles. The lowest BCUT2D eigenvalue weighted by molar-refractivity contribution is -0.145. The van der Waals surface area contributed by atoms with Crippen molar-refractivity contribution in [3.05, 3.63) is 23.3 Å². The summed E-state index contributed by atoms with van der Waals surface area (Å²) in [6.07, 6.45) is 5.10.